The van der Waals surface area contributed by atoms with Gasteiger partial charge in [-0.3, -0.25) is 0 Å². The molecule has 4 rings (SSSR count). The first-order valence-electron chi connectivity index (χ1n) is 9.21. The fourth-order valence-electron chi connectivity index (χ4n) is 3.53. The van der Waals surface area contributed by atoms with Gasteiger partial charge >= 0.3 is 0 Å². The molecule has 0 spiro atoms. The fourth-order valence-corrected chi connectivity index (χ4v) is 4.75. The Balaban J connectivity index is 1.85. The first kappa shape index (κ1) is 18.7. The number of benzene rings is 1. The minimum atomic E-state index is 0.473. The maximum Gasteiger partial charge on any atom is 0.149 e. The second kappa shape index (κ2) is 7.09. The molecule has 3 heterocycles. The van der Waals surface area contributed by atoms with Crippen molar-refractivity contribution in [3.63, 3.8) is 0 Å². The van der Waals surface area contributed by atoms with Crippen LogP contribution in [0.15, 0.2) is 30.3 Å². The van der Waals surface area contributed by atoms with Gasteiger partial charge in [-0.25, -0.2) is 4.98 Å². The third kappa shape index (κ3) is 3.04. The lowest BCUT2D eigenvalue weighted by Gasteiger charge is -2.07. The van der Waals surface area contributed by atoms with E-state index in [1.807, 2.05) is 64.1 Å². The number of para-hydroxylation sites is 2. The van der Waals surface area contributed by atoms with Crippen molar-refractivity contribution in [2.75, 3.05) is 0 Å². The maximum absolute atomic E-state index is 9.75. The normalized spacial score (nSPS) is 11.6. The monoisotopic (exact) mass is 397 g/mol. The van der Waals surface area contributed by atoms with Gasteiger partial charge in [0, 0.05) is 16.3 Å². The summed E-state index contributed by atoms with van der Waals surface area (Å²) in [5.74, 6) is 0.555. The van der Waals surface area contributed by atoms with Gasteiger partial charge in [0.25, 0.3) is 0 Å². The maximum atomic E-state index is 9.75. The highest BCUT2D eigenvalue weighted by atomic mass is 32.1. The second-order valence-corrected chi connectivity index (χ2v) is 8.21. The number of nitrogens with zero attached hydrogens (tertiary/aromatic N) is 4. The number of hydrogen-bond donors (Lipinski definition) is 1. The van der Waals surface area contributed by atoms with Crippen LogP contribution in [0.4, 0.5) is 0 Å². The third-order valence-electron chi connectivity index (χ3n) is 5.22. The van der Waals surface area contributed by atoms with Gasteiger partial charge in [-0.2, -0.15) is 10.5 Å². The van der Waals surface area contributed by atoms with Crippen LogP contribution in [0.3, 0.4) is 0 Å². The van der Waals surface area contributed by atoms with E-state index in [0.717, 1.165) is 43.4 Å². The van der Waals surface area contributed by atoms with Crippen LogP contribution in [0.1, 0.15) is 38.8 Å². The molecule has 0 radical (unpaired) electrons. The smallest absolute Gasteiger partial charge is 0.149 e. The van der Waals surface area contributed by atoms with Gasteiger partial charge in [-0.15, -0.1) is 11.3 Å². The lowest BCUT2D eigenvalue weighted by atomic mass is 10.1. The number of aryl methyl sites for hydroxylation is 2. The van der Waals surface area contributed by atoms with E-state index in [-0.39, 0.29) is 0 Å². The van der Waals surface area contributed by atoms with Crippen molar-refractivity contribution < 1.29 is 0 Å². The standard InChI is InChI=1S/C23H19N5S/c1-13-9-17(15(3)28(13)23-19(12-25)14(2)16(4)29-23)10-18(11-24)22-26-20-7-5-6-8-21(20)27-22/h5-10H,1-4H3,(H,26,27). The fraction of sp³-hybridized carbons (Fsp3) is 0.174. The predicted molar refractivity (Wildman–Crippen MR) is 117 cm³/mol. The van der Waals surface area contributed by atoms with Crippen molar-refractivity contribution in [3.8, 4) is 17.1 Å². The SMILES string of the molecule is Cc1sc(-n2c(C)cc(C=C(C#N)c3nc4ccccc4[nH]3)c2C)c(C#N)c1C. The van der Waals surface area contributed by atoms with Crippen LogP contribution in [0, 0.1) is 50.4 Å². The van der Waals surface area contributed by atoms with Crippen LogP contribution >= 0.6 is 11.3 Å². The van der Waals surface area contributed by atoms with Crippen molar-refractivity contribution in [2.24, 2.45) is 0 Å². The average molecular weight is 398 g/mol. The van der Waals surface area contributed by atoms with Crippen LogP contribution in [0.5, 0.6) is 0 Å². The van der Waals surface area contributed by atoms with E-state index in [1.54, 1.807) is 11.3 Å². The van der Waals surface area contributed by atoms with Crippen LogP contribution in [0.25, 0.3) is 27.7 Å². The van der Waals surface area contributed by atoms with Crippen molar-refractivity contribution >= 4 is 34.0 Å². The molecule has 4 aromatic rings. The molecule has 1 aromatic carbocycles. The zero-order chi connectivity index (χ0) is 20.7. The number of aromatic nitrogens is 3. The molecule has 1 N–H and O–H groups in total. The predicted octanol–water partition coefficient (Wildman–Crippen LogP) is 5.58. The summed E-state index contributed by atoms with van der Waals surface area (Å²) < 4.78 is 2.10. The second-order valence-electron chi connectivity index (χ2n) is 7.01. The molecule has 0 unspecified atom stereocenters. The van der Waals surface area contributed by atoms with Crippen LogP contribution < -0.4 is 0 Å². The van der Waals surface area contributed by atoms with E-state index in [9.17, 15) is 10.5 Å². The van der Waals surface area contributed by atoms with E-state index in [2.05, 4.69) is 26.7 Å². The van der Waals surface area contributed by atoms with E-state index in [4.69, 9.17) is 0 Å². The topological polar surface area (TPSA) is 81.2 Å². The Hall–Kier alpha value is -3.61. The Bertz CT molecular complexity index is 1330. The number of H-pyrrole nitrogens is 1. The van der Waals surface area contributed by atoms with Crippen LogP contribution in [-0.2, 0) is 0 Å². The third-order valence-corrected chi connectivity index (χ3v) is 6.41. The molecule has 0 bridgehead atoms. The summed E-state index contributed by atoms with van der Waals surface area (Å²) >= 11 is 1.62. The van der Waals surface area contributed by atoms with Crippen LogP contribution in [-0.4, -0.2) is 14.5 Å². The summed E-state index contributed by atoms with van der Waals surface area (Å²) in [6.07, 6.45) is 1.86. The van der Waals surface area contributed by atoms with E-state index < -0.39 is 0 Å². The molecular formula is C23H19N5S. The summed E-state index contributed by atoms with van der Waals surface area (Å²) in [4.78, 5) is 8.90. The summed E-state index contributed by atoms with van der Waals surface area (Å²) in [7, 11) is 0. The Morgan fingerprint density at radius 3 is 2.62 bits per heavy atom. The van der Waals surface area contributed by atoms with Gasteiger partial charge in [0.2, 0.25) is 0 Å². The number of allylic oxidation sites excluding steroid dienone is 1. The van der Waals surface area contributed by atoms with Gasteiger partial charge in [0.1, 0.15) is 23.0 Å². The summed E-state index contributed by atoms with van der Waals surface area (Å²) in [5, 5.41) is 20.3. The minimum Gasteiger partial charge on any atom is -0.337 e. The molecule has 0 aliphatic rings. The average Bonchev–Trinajstić information content (AvgIpc) is 3.34. The molecule has 142 valence electrons. The van der Waals surface area contributed by atoms with Gasteiger partial charge in [0.05, 0.1) is 22.2 Å². The minimum absolute atomic E-state index is 0.473. The molecule has 5 nitrogen and oxygen atoms in total. The molecular weight excluding hydrogens is 378 g/mol. The molecule has 6 heteroatoms. The van der Waals surface area contributed by atoms with E-state index >= 15 is 0 Å². The lowest BCUT2D eigenvalue weighted by Crippen LogP contribution is -1.99. The number of nitriles is 2. The molecule has 0 atom stereocenters. The molecule has 29 heavy (non-hydrogen) atoms. The summed E-state index contributed by atoms with van der Waals surface area (Å²) in [6, 6.07) is 14.4. The summed E-state index contributed by atoms with van der Waals surface area (Å²) in [6.45, 7) is 8.05. The molecule has 0 aliphatic carbocycles. The highest BCUT2D eigenvalue weighted by Gasteiger charge is 2.19. The number of hydrogen-bond acceptors (Lipinski definition) is 4. The zero-order valence-electron chi connectivity index (χ0n) is 16.7. The quantitative estimate of drug-likeness (QED) is 0.458. The number of fused-ring (bicyclic) bond motifs is 1. The Morgan fingerprint density at radius 2 is 1.93 bits per heavy atom. The van der Waals surface area contributed by atoms with Crippen molar-refractivity contribution in [3.05, 3.63) is 69.1 Å². The van der Waals surface area contributed by atoms with Crippen molar-refractivity contribution in [1.82, 2.24) is 14.5 Å². The zero-order valence-corrected chi connectivity index (χ0v) is 17.5. The first-order valence-corrected chi connectivity index (χ1v) is 10.0. The van der Waals surface area contributed by atoms with Gasteiger partial charge in [-0.05, 0) is 63.1 Å². The largest absolute Gasteiger partial charge is 0.337 e. The Morgan fingerprint density at radius 1 is 1.17 bits per heavy atom. The van der Waals surface area contributed by atoms with Gasteiger partial charge in [-0.1, -0.05) is 12.1 Å². The highest BCUT2D eigenvalue weighted by molar-refractivity contribution is 7.14. The Labute approximate surface area is 173 Å². The molecule has 0 saturated heterocycles. The summed E-state index contributed by atoms with van der Waals surface area (Å²) in [5.41, 5.74) is 6.89. The van der Waals surface area contributed by atoms with Crippen molar-refractivity contribution in [1.29, 1.82) is 10.5 Å². The number of imidazole rings is 1. The molecule has 0 fully saturated rings. The first-order chi connectivity index (χ1) is 13.9. The van der Waals surface area contributed by atoms with Crippen molar-refractivity contribution in [2.45, 2.75) is 27.7 Å². The molecule has 0 saturated carbocycles. The van der Waals surface area contributed by atoms with E-state index in [0.29, 0.717) is 17.0 Å². The number of aromatic amines is 1. The molecule has 0 amide bonds. The van der Waals surface area contributed by atoms with Crippen LogP contribution in [0.2, 0.25) is 0 Å². The number of rotatable bonds is 3. The lowest BCUT2D eigenvalue weighted by molar-refractivity contribution is 0.980. The molecule has 0 aliphatic heterocycles. The van der Waals surface area contributed by atoms with Gasteiger partial charge in [0.15, 0.2) is 0 Å². The Kier molecular flexibility index (Phi) is 4.58. The van der Waals surface area contributed by atoms with Gasteiger partial charge < -0.3 is 9.55 Å². The van der Waals surface area contributed by atoms with E-state index in [1.165, 1.54) is 0 Å². The highest BCUT2D eigenvalue weighted by Crippen LogP contribution is 2.34. The number of thiophene rings is 1. The molecule has 3 aromatic heterocycles. The number of nitrogens with one attached hydrogen (secondary N) is 1.